The number of hydrogen-bond donors (Lipinski definition) is 2. The van der Waals surface area contributed by atoms with Gasteiger partial charge in [0.1, 0.15) is 23.1 Å². The highest BCUT2D eigenvalue weighted by Gasteiger charge is 2.23. The second-order valence-electron chi connectivity index (χ2n) is 6.73. The van der Waals surface area contributed by atoms with Gasteiger partial charge in [-0.3, -0.25) is 0 Å². The number of urea groups is 1. The number of ether oxygens (including phenoxy) is 1. The van der Waals surface area contributed by atoms with Crippen molar-refractivity contribution in [1.82, 2.24) is 9.97 Å². The molecule has 1 atom stereocenters. The number of hydrogen-bond acceptors (Lipinski definition) is 5. The van der Waals surface area contributed by atoms with Crippen molar-refractivity contribution in [3.63, 3.8) is 0 Å². The van der Waals surface area contributed by atoms with E-state index in [-0.39, 0.29) is 23.5 Å². The highest BCUT2D eigenvalue weighted by atomic mass is 19.1. The minimum absolute atomic E-state index is 0.0270. The third-order valence-electron chi connectivity index (χ3n) is 4.19. The third kappa shape index (κ3) is 5.49. The smallest absolute Gasteiger partial charge is 0.332 e. The lowest BCUT2D eigenvalue weighted by molar-refractivity contribution is 0.190. The zero-order valence-corrected chi connectivity index (χ0v) is 17.1. The first-order valence-electron chi connectivity index (χ1n) is 9.38. The van der Waals surface area contributed by atoms with E-state index in [4.69, 9.17) is 4.74 Å². The number of benzene rings is 2. The van der Waals surface area contributed by atoms with Crippen molar-refractivity contribution < 1.29 is 27.1 Å². The van der Waals surface area contributed by atoms with E-state index in [1.165, 1.54) is 31.5 Å². The molecule has 0 saturated carbocycles. The summed E-state index contributed by atoms with van der Waals surface area (Å²) in [6, 6.07) is 5.86. The lowest BCUT2D eigenvalue weighted by Gasteiger charge is -2.23. The van der Waals surface area contributed by atoms with Crippen molar-refractivity contribution >= 4 is 29.2 Å². The lowest BCUT2D eigenvalue weighted by Crippen LogP contribution is -2.32. The molecule has 0 spiro atoms. The Balaban J connectivity index is 1.98. The molecule has 1 aromatic heterocycles. The Morgan fingerprint density at radius 2 is 1.72 bits per heavy atom. The van der Waals surface area contributed by atoms with E-state index in [0.717, 1.165) is 17.0 Å². The number of halogens is 4. The Bertz CT molecular complexity index is 1070. The summed E-state index contributed by atoms with van der Waals surface area (Å²) in [6.45, 7) is 2.18. The first-order valence-corrected chi connectivity index (χ1v) is 9.38. The van der Waals surface area contributed by atoms with Gasteiger partial charge in [-0.1, -0.05) is 0 Å². The molecular formula is C21H19F4N5O2. The summed E-state index contributed by atoms with van der Waals surface area (Å²) >= 11 is 0. The van der Waals surface area contributed by atoms with Gasteiger partial charge in [-0.25, -0.2) is 32.2 Å². The van der Waals surface area contributed by atoms with Gasteiger partial charge >= 0.3 is 6.03 Å². The average molecular weight is 449 g/mol. The van der Waals surface area contributed by atoms with Crippen molar-refractivity contribution in [3.8, 4) is 0 Å². The summed E-state index contributed by atoms with van der Waals surface area (Å²) in [7, 11) is 1.53. The van der Waals surface area contributed by atoms with Gasteiger partial charge in [0.15, 0.2) is 11.6 Å². The molecule has 0 saturated heterocycles. The largest absolute Gasteiger partial charge is 0.383 e. The molecule has 3 rings (SSSR count). The zero-order valence-electron chi connectivity index (χ0n) is 17.1. The van der Waals surface area contributed by atoms with Crippen molar-refractivity contribution in [2.24, 2.45) is 0 Å². The van der Waals surface area contributed by atoms with Crippen LogP contribution in [0.2, 0.25) is 0 Å². The Hall–Kier alpha value is -3.73. The first kappa shape index (κ1) is 22.9. The number of aromatic nitrogens is 2. The minimum Gasteiger partial charge on any atom is -0.383 e. The van der Waals surface area contributed by atoms with E-state index < -0.39 is 35.0 Å². The summed E-state index contributed by atoms with van der Waals surface area (Å²) in [4.78, 5) is 22.3. The summed E-state index contributed by atoms with van der Waals surface area (Å²) in [5.41, 5.74) is -0.689. The van der Waals surface area contributed by atoms with Crippen LogP contribution in [0.3, 0.4) is 0 Å². The fraction of sp³-hybridized carbons (Fsp3) is 0.190. The quantitative estimate of drug-likeness (QED) is 0.504. The molecule has 0 radical (unpaired) electrons. The molecule has 2 N–H and O–H groups in total. The molecule has 3 aromatic rings. The molecule has 0 aliphatic carbocycles. The number of carbonyl (C=O) groups excluding carboxylic acids is 1. The molecular weight excluding hydrogens is 430 g/mol. The fourth-order valence-corrected chi connectivity index (χ4v) is 2.82. The lowest BCUT2D eigenvalue weighted by atomic mass is 10.2. The monoisotopic (exact) mass is 449 g/mol. The van der Waals surface area contributed by atoms with Gasteiger partial charge < -0.3 is 15.4 Å². The van der Waals surface area contributed by atoms with Crippen LogP contribution in [-0.2, 0) is 4.74 Å². The van der Waals surface area contributed by atoms with E-state index in [1.807, 2.05) is 6.92 Å². The summed E-state index contributed by atoms with van der Waals surface area (Å²) in [5.74, 6) is -4.10. The van der Waals surface area contributed by atoms with Gasteiger partial charge in [0.25, 0.3) is 0 Å². The topological polar surface area (TPSA) is 79.4 Å². The van der Waals surface area contributed by atoms with Gasteiger partial charge in [-0.05, 0) is 31.2 Å². The predicted molar refractivity (Wildman–Crippen MR) is 111 cm³/mol. The zero-order chi connectivity index (χ0) is 23.3. The van der Waals surface area contributed by atoms with Gasteiger partial charge in [0.05, 0.1) is 12.3 Å². The van der Waals surface area contributed by atoms with Crippen LogP contribution in [0.4, 0.5) is 45.5 Å². The number of rotatable bonds is 7. The SMILES string of the molecule is COC[C@H](C)Nc1nccc(N(C(=O)Nc2c(F)cc(F)cc2F)c2ccc(F)cc2)n1. The third-order valence-corrected chi connectivity index (χ3v) is 4.19. The average Bonchev–Trinajstić information content (AvgIpc) is 2.73. The second-order valence-corrected chi connectivity index (χ2v) is 6.73. The molecule has 0 aliphatic heterocycles. The summed E-state index contributed by atoms with van der Waals surface area (Å²) < 4.78 is 59.8. The van der Waals surface area contributed by atoms with Crippen molar-refractivity contribution in [2.75, 3.05) is 29.3 Å². The molecule has 0 aliphatic rings. The van der Waals surface area contributed by atoms with Gasteiger partial charge in [0, 0.05) is 37.5 Å². The van der Waals surface area contributed by atoms with E-state index in [0.29, 0.717) is 18.7 Å². The van der Waals surface area contributed by atoms with Crippen LogP contribution < -0.4 is 15.5 Å². The summed E-state index contributed by atoms with van der Waals surface area (Å²) in [6.07, 6.45) is 1.37. The van der Waals surface area contributed by atoms with Crippen molar-refractivity contribution in [2.45, 2.75) is 13.0 Å². The van der Waals surface area contributed by atoms with Crippen LogP contribution in [0.25, 0.3) is 0 Å². The van der Waals surface area contributed by atoms with Crippen LogP contribution in [0.5, 0.6) is 0 Å². The number of nitrogens with zero attached hydrogens (tertiary/aromatic N) is 3. The van der Waals surface area contributed by atoms with Crippen LogP contribution >= 0.6 is 0 Å². The van der Waals surface area contributed by atoms with E-state index in [9.17, 15) is 22.4 Å². The first-order chi connectivity index (χ1) is 15.3. The van der Waals surface area contributed by atoms with Crippen LogP contribution in [0, 0.1) is 23.3 Å². The Labute approximate surface area is 181 Å². The van der Waals surface area contributed by atoms with Gasteiger partial charge in [-0.2, -0.15) is 4.98 Å². The number of anilines is 4. The molecule has 0 fully saturated rings. The second kappa shape index (κ2) is 10.1. The molecule has 2 amide bonds. The van der Waals surface area contributed by atoms with Crippen molar-refractivity contribution in [1.29, 1.82) is 0 Å². The fourth-order valence-electron chi connectivity index (χ4n) is 2.82. The Kier molecular flexibility index (Phi) is 7.21. The maximum atomic E-state index is 14.1. The molecule has 0 bridgehead atoms. The number of carbonyl (C=O) groups is 1. The molecule has 7 nitrogen and oxygen atoms in total. The van der Waals surface area contributed by atoms with E-state index in [2.05, 4.69) is 20.6 Å². The number of methoxy groups -OCH3 is 1. The number of amides is 2. The molecule has 0 unspecified atom stereocenters. The van der Waals surface area contributed by atoms with Crippen LogP contribution in [0.1, 0.15) is 6.92 Å². The van der Waals surface area contributed by atoms with Gasteiger partial charge in [0.2, 0.25) is 5.95 Å². The minimum atomic E-state index is -1.30. The normalized spacial score (nSPS) is 11.7. The molecule has 168 valence electrons. The Morgan fingerprint density at radius 3 is 2.34 bits per heavy atom. The molecule has 2 aromatic carbocycles. The number of nitrogens with one attached hydrogen (secondary N) is 2. The van der Waals surface area contributed by atoms with Crippen molar-refractivity contribution in [3.05, 3.63) is 71.9 Å². The summed E-state index contributed by atoms with van der Waals surface area (Å²) in [5, 5.41) is 5.06. The standard InChI is InChI=1S/C21H19F4N5O2/c1-12(11-32-2)27-20-26-8-7-18(28-20)30(15-5-3-13(22)4-6-15)21(31)29-19-16(24)9-14(23)10-17(19)25/h3-10,12H,11H2,1-2H3,(H,29,31)(H,26,27,28)/t12-/m0/s1. The van der Waals surface area contributed by atoms with E-state index >= 15 is 0 Å². The molecule has 11 heteroatoms. The van der Waals surface area contributed by atoms with E-state index in [1.54, 1.807) is 0 Å². The van der Waals surface area contributed by atoms with Gasteiger partial charge in [-0.15, -0.1) is 0 Å². The molecule has 1 heterocycles. The maximum absolute atomic E-state index is 14.1. The maximum Gasteiger partial charge on any atom is 0.332 e. The van der Waals surface area contributed by atoms with Crippen LogP contribution in [0.15, 0.2) is 48.7 Å². The highest BCUT2D eigenvalue weighted by Crippen LogP contribution is 2.27. The predicted octanol–water partition coefficient (Wildman–Crippen LogP) is 4.85. The molecule has 32 heavy (non-hydrogen) atoms. The Morgan fingerprint density at radius 1 is 1.06 bits per heavy atom. The highest BCUT2D eigenvalue weighted by molar-refractivity contribution is 6.06. The van der Waals surface area contributed by atoms with Crippen LogP contribution in [-0.4, -0.2) is 35.8 Å².